The maximum absolute atomic E-state index is 13.8. The van der Waals surface area contributed by atoms with Crippen LogP contribution in [0, 0.1) is 5.82 Å². The first-order valence-corrected chi connectivity index (χ1v) is 16.3. The zero-order chi connectivity index (χ0) is 29.9. The normalized spacial score (nSPS) is 17.2. The van der Waals surface area contributed by atoms with Gasteiger partial charge in [0.25, 0.3) is 0 Å². The van der Waals surface area contributed by atoms with Crippen molar-refractivity contribution in [3.8, 4) is 5.88 Å². The van der Waals surface area contributed by atoms with Gasteiger partial charge < -0.3 is 25.2 Å². The lowest BCUT2D eigenvalue weighted by Crippen LogP contribution is -2.53. The van der Waals surface area contributed by atoms with Crippen LogP contribution in [0.15, 0.2) is 41.0 Å². The number of anilines is 6. The van der Waals surface area contributed by atoms with Gasteiger partial charge in [-0.1, -0.05) is 0 Å². The van der Waals surface area contributed by atoms with Crippen LogP contribution in [0.25, 0.3) is 0 Å². The summed E-state index contributed by atoms with van der Waals surface area (Å²) >= 11 is 3.41. The molecule has 42 heavy (non-hydrogen) atoms. The van der Waals surface area contributed by atoms with Gasteiger partial charge in [0.05, 0.1) is 29.2 Å². The summed E-state index contributed by atoms with van der Waals surface area (Å²) in [6, 6.07) is 8.23. The van der Waals surface area contributed by atoms with E-state index < -0.39 is 15.8 Å². The first-order chi connectivity index (χ1) is 20.1. The molecule has 0 spiro atoms. The molecule has 2 aliphatic heterocycles. The van der Waals surface area contributed by atoms with Crippen molar-refractivity contribution in [2.24, 2.45) is 0 Å². The minimum Gasteiger partial charge on any atom is -0.479 e. The summed E-state index contributed by atoms with van der Waals surface area (Å²) in [7, 11) is 0.116. The first-order valence-electron chi connectivity index (χ1n) is 13.6. The molecule has 0 bridgehead atoms. The molecule has 2 aromatic heterocycles. The van der Waals surface area contributed by atoms with Crippen LogP contribution in [-0.4, -0.2) is 98.9 Å². The van der Waals surface area contributed by atoms with Crippen molar-refractivity contribution >= 4 is 60.6 Å². The van der Waals surface area contributed by atoms with Crippen molar-refractivity contribution in [1.82, 2.24) is 24.8 Å². The fourth-order valence-electron chi connectivity index (χ4n) is 5.21. The molecule has 3 N–H and O–H groups in total. The van der Waals surface area contributed by atoms with Gasteiger partial charge in [0, 0.05) is 44.5 Å². The van der Waals surface area contributed by atoms with Gasteiger partial charge in [-0.15, -0.1) is 0 Å². The molecular formula is C27H35BrFN9O3S. The van der Waals surface area contributed by atoms with Crippen LogP contribution in [0.1, 0.15) is 12.8 Å². The third-order valence-electron chi connectivity index (χ3n) is 7.40. The van der Waals surface area contributed by atoms with Crippen molar-refractivity contribution in [3.63, 3.8) is 0 Å². The molecule has 12 nitrogen and oxygen atoms in total. The zero-order valence-electron chi connectivity index (χ0n) is 23.8. The number of nitrogens with one attached hydrogen (secondary N) is 3. The van der Waals surface area contributed by atoms with E-state index >= 15 is 0 Å². The van der Waals surface area contributed by atoms with Crippen LogP contribution >= 0.6 is 15.9 Å². The second kappa shape index (κ2) is 12.9. The van der Waals surface area contributed by atoms with Crippen LogP contribution < -0.4 is 25.0 Å². The number of aromatic nitrogens is 3. The fourth-order valence-corrected chi connectivity index (χ4v) is 6.07. The van der Waals surface area contributed by atoms with Gasteiger partial charge in [-0.3, -0.25) is 9.62 Å². The SMILES string of the molecule is COc1nc(N2CCN(C3CCN(C)CC3)CC2)ccc1Nc1ncc(Br)c(Nc2ccc(F)cc2NS(C)(=O)=O)n1. The van der Waals surface area contributed by atoms with E-state index in [4.69, 9.17) is 9.72 Å². The quantitative estimate of drug-likeness (QED) is 0.309. The Morgan fingerprint density at radius 3 is 2.38 bits per heavy atom. The molecule has 0 saturated carbocycles. The summed E-state index contributed by atoms with van der Waals surface area (Å²) in [5.41, 5.74) is 0.943. The van der Waals surface area contributed by atoms with Crippen LogP contribution in [-0.2, 0) is 10.0 Å². The molecule has 2 fully saturated rings. The maximum Gasteiger partial charge on any atom is 0.239 e. The number of piperidine rings is 1. The number of methoxy groups -OCH3 is 1. The highest BCUT2D eigenvalue weighted by molar-refractivity contribution is 9.10. The molecule has 4 heterocycles. The Hall–Kier alpha value is -3.27. The predicted octanol–water partition coefficient (Wildman–Crippen LogP) is 3.86. The van der Waals surface area contributed by atoms with E-state index in [2.05, 4.69) is 63.0 Å². The van der Waals surface area contributed by atoms with E-state index in [0.29, 0.717) is 33.6 Å². The Morgan fingerprint density at radius 2 is 1.69 bits per heavy atom. The van der Waals surface area contributed by atoms with Gasteiger partial charge >= 0.3 is 0 Å². The molecular weight excluding hydrogens is 629 g/mol. The average molecular weight is 665 g/mol. The molecule has 0 aliphatic carbocycles. The first kappa shape index (κ1) is 30.2. The number of ether oxygens (including phenoxy) is 1. The Balaban J connectivity index is 1.27. The van der Waals surface area contributed by atoms with E-state index in [1.54, 1.807) is 13.3 Å². The second-order valence-electron chi connectivity index (χ2n) is 10.5. The molecule has 0 unspecified atom stereocenters. The van der Waals surface area contributed by atoms with Crippen molar-refractivity contribution in [2.75, 3.05) is 79.9 Å². The van der Waals surface area contributed by atoms with Gasteiger partial charge in [-0.2, -0.15) is 9.97 Å². The summed E-state index contributed by atoms with van der Waals surface area (Å²) in [5.74, 6) is 1.26. The van der Waals surface area contributed by atoms with E-state index in [1.807, 2.05) is 12.1 Å². The molecule has 2 saturated heterocycles. The van der Waals surface area contributed by atoms with Crippen molar-refractivity contribution in [2.45, 2.75) is 18.9 Å². The van der Waals surface area contributed by atoms with E-state index in [1.165, 1.54) is 25.0 Å². The summed E-state index contributed by atoms with van der Waals surface area (Å²) in [6.45, 7) is 6.14. The monoisotopic (exact) mass is 663 g/mol. The summed E-state index contributed by atoms with van der Waals surface area (Å²) in [4.78, 5) is 20.9. The third-order valence-corrected chi connectivity index (χ3v) is 8.57. The smallest absolute Gasteiger partial charge is 0.239 e. The van der Waals surface area contributed by atoms with E-state index in [9.17, 15) is 12.8 Å². The van der Waals surface area contributed by atoms with Crippen LogP contribution in [0.3, 0.4) is 0 Å². The molecule has 1 aromatic carbocycles. The van der Waals surface area contributed by atoms with Gasteiger partial charge in [-0.05, 0) is 73.2 Å². The number of rotatable bonds is 9. The van der Waals surface area contributed by atoms with Crippen LogP contribution in [0.4, 0.5) is 39.0 Å². The predicted molar refractivity (Wildman–Crippen MR) is 166 cm³/mol. The maximum atomic E-state index is 13.8. The number of hydrogen-bond acceptors (Lipinski definition) is 11. The number of halogens is 2. The molecule has 226 valence electrons. The fraction of sp³-hybridized carbons (Fsp3) is 0.444. The van der Waals surface area contributed by atoms with E-state index in [-0.39, 0.29) is 11.6 Å². The number of hydrogen-bond donors (Lipinski definition) is 3. The topological polar surface area (TPSA) is 128 Å². The van der Waals surface area contributed by atoms with Gasteiger partial charge in [0.2, 0.25) is 21.9 Å². The molecule has 0 amide bonds. The molecule has 15 heteroatoms. The zero-order valence-corrected chi connectivity index (χ0v) is 26.2. The third kappa shape index (κ3) is 7.56. The van der Waals surface area contributed by atoms with Crippen molar-refractivity contribution in [1.29, 1.82) is 0 Å². The number of benzene rings is 1. The molecule has 2 aliphatic rings. The largest absolute Gasteiger partial charge is 0.479 e. The number of piperazine rings is 1. The highest BCUT2D eigenvalue weighted by Gasteiger charge is 2.27. The summed E-state index contributed by atoms with van der Waals surface area (Å²) in [5, 5.41) is 6.19. The summed E-state index contributed by atoms with van der Waals surface area (Å²) in [6.07, 6.45) is 4.98. The minimum absolute atomic E-state index is 0.0474. The number of sulfonamides is 1. The lowest BCUT2D eigenvalue weighted by Gasteiger charge is -2.42. The Labute approximate surface area is 253 Å². The number of nitrogens with zero attached hydrogens (tertiary/aromatic N) is 6. The highest BCUT2D eigenvalue weighted by Crippen LogP contribution is 2.32. The van der Waals surface area contributed by atoms with E-state index in [0.717, 1.165) is 57.4 Å². The number of pyridine rings is 1. The minimum atomic E-state index is -3.64. The standard InChI is InChI=1S/C27H35BrFN9O3S/c1-36-10-8-19(9-11-36)37-12-14-38(15-13-37)24-7-6-22(26(33-24)41-2)32-27-30-17-20(28)25(34-27)31-21-5-4-18(29)16-23(21)35-42(3,39)40/h4-7,16-17,19,35H,8-15H2,1-3H3,(H2,30,31,32,34). The lowest BCUT2D eigenvalue weighted by atomic mass is 10.0. The molecule has 0 atom stereocenters. The van der Waals surface area contributed by atoms with Crippen molar-refractivity contribution < 1.29 is 17.5 Å². The van der Waals surface area contributed by atoms with Gasteiger partial charge in [0.1, 0.15) is 23.1 Å². The van der Waals surface area contributed by atoms with Crippen LogP contribution in [0.5, 0.6) is 5.88 Å². The van der Waals surface area contributed by atoms with Gasteiger partial charge in [0.15, 0.2) is 0 Å². The Morgan fingerprint density at radius 1 is 0.976 bits per heavy atom. The molecule has 5 rings (SSSR count). The van der Waals surface area contributed by atoms with Gasteiger partial charge in [-0.25, -0.2) is 17.8 Å². The van der Waals surface area contributed by atoms with Crippen LogP contribution in [0.2, 0.25) is 0 Å². The summed E-state index contributed by atoms with van der Waals surface area (Å²) < 4.78 is 45.8. The molecule has 0 radical (unpaired) electrons. The highest BCUT2D eigenvalue weighted by atomic mass is 79.9. The Bertz CT molecular complexity index is 1510. The second-order valence-corrected chi connectivity index (χ2v) is 13.1. The van der Waals surface area contributed by atoms with Crippen molar-refractivity contribution in [3.05, 3.63) is 46.8 Å². The average Bonchev–Trinajstić information content (AvgIpc) is 2.96. The Kier molecular flexibility index (Phi) is 9.30. The molecule has 3 aromatic rings. The lowest BCUT2D eigenvalue weighted by molar-refractivity contribution is 0.115. The number of likely N-dealkylation sites (tertiary alicyclic amines) is 1.